The third-order valence-electron chi connectivity index (χ3n) is 3.15. The second-order valence-corrected chi connectivity index (χ2v) is 5.18. The number of hydrogen-bond acceptors (Lipinski definition) is 2. The predicted octanol–water partition coefficient (Wildman–Crippen LogP) is 2.50. The van der Waals surface area contributed by atoms with Crippen LogP contribution in [0, 0.1) is 5.82 Å². The third kappa shape index (κ3) is 3.00. The Kier molecular flexibility index (Phi) is 4.05. The van der Waals surface area contributed by atoms with E-state index in [2.05, 4.69) is 0 Å². The third-order valence-corrected chi connectivity index (χ3v) is 3.69. The number of carbonyl (C=O) groups is 1. The fraction of sp³-hybridized carbons (Fsp3) is 0.462. The largest absolute Gasteiger partial charge is 0.341 e. The first-order valence-electron chi connectivity index (χ1n) is 5.73. The SMILES string of the molecule is CSCC(=O)N1CC[C@H](c2ccc(F)cc2)C1. The van der Waals surface area contributed by atoms with E-state index in [-0.39, 0.29) is 11.7 Å². The van der Waals surface area contributed by atoms with E-state index < -0.39 is 0 Å². The Hall–Kier alpha value is -1.03. The Balaban J connectivity index is 1.98. The number of amides is 1. The van der Waals surface area contributed by atoms with Crippen molar-refractivity contribution in [1.82, 2.24) is 4.90 Å². The molecule has 1 heterocycles. The fourth-order valence-electron chi connectivity index (χ4n) is 2.21. The van der Waals surface area contributed by atoms with Crippen molar-refractivity contribution in [3.63, 3.8) is 0 Å². The fourth-order valence-corrected chi connectivity index (χ4v) is 2.64. The van der Waals surface area contributed by atoms with Crippen LogP contribution in [0.2, 0.25) is 0 Å². The van der Waals surface area contributed by atoms with Crippen molar-refractivity contribution in [2.24, 2.45) is 0 Å². The molecule has 1 aromatic rings. The number of halogens is 1. The summed E-state index contributed by atoms with van der Waals surface area (Å²) in [6, 6.07) is 6.62. The molecule has 4 heteroatoms. The first kappa shape index (κ1) is 12.4. The van der Waals surface area contributed by atoms with Gasteiger partial charge in [0, 0.05) is 19.0 Å². The van der Waals surface area contributed by atoms with Crippen molar-refractivity contribution >= 4 is 17.7 Å². The summed E-state index contributed by atoms with van der Waals surface area (Å²) in [6.45, 7) is 1.59. The molecule has 0 aliphatic carbocycles. The number of likely N-dealkylation sites (tertiary alicyclic amines) is 1. The van der Waals surface area contributed by atoms with Crippen LogP contribution in [0.4, 0.5) is 4.39 Å². The summed E-state index contributed by atoms with van der Waals surface area (Å²) in [4.78, 5) is 13.6. The van der Waals surface area contributed by atoms with Gasteiger partial charge < -0.3 is 4.90 Å². The van der Waals surface area contributed by atoms with E-state index in [9.17, 15) is 9.18 Å². The highest BCUT2D eigenvalue weighted by atomic mass is 32.2. The monoisotopic (exact) mass is 253 g/mol. The zero-order chi connectivity index (χ0) is 12.3. The van der Waals surface area contributed by atoms with E-state index in [1.54, 1.807) is 11.8 Å². The van der Waals surface area contributed by atoms with Gasteiger partial charge in [-0.15, -0.1) is 0 Å². The molecule has 0 spiro atoms. The molecule has 2 nitrogen and oxygen atoms in total. The van der Waals surface area contributed by atoms with Gasteiger partial charge in [-0.25, -0.2) is 4.39 Å². The van der Waals surface area contributed by atoms with E-state index in [1.807, 2.05) is 23.3 Å². The molecule has 0 aromatic heterocycles. The summed E-state index contributed by atoms with van der Waals surface area (Å²) < 4.78 is 12.8. The van der Waals surface area contributed by atoms with Gasteiger partial charge >= 0.3 is 0 Å². The van der Waals surface area contributed by atoms with E-state index in [4.69, 9.17) is 0 Å². The molecule has 2 rings (SSSR count). The highest BCUT2D eigenvalue weighted by Gasteiger charge is 2.26. The van der Waals surface area contributed by atoms with Crippen LogP contribution in [0.25, 0.3) is 0 Å². The van der Waals surface area contributed by atoms with Crippen molar-refractivity contribution in [2.45, 2.75) is 12.3 Å². The molecule has 17 heavy (non-hydrogen) atoms. The second kappa shape index (κ2) is 5.54. The molecule has 0 bridgehead atoms. The van der Waals surface area contributed by atoms with Gasteiger partial charge in [-0.3, -0.25) is 4.79 Å². The zero-order valence-electron chi connectivity index (χ0n) is 9.86. The molecule has 1 saturated heterocycles. The van der Waals surface area contributed by atoms with Crippen LogP contribution in [-0.2, 0) is 4.79 Å². The summed E-state index contributed by atoms with van der Waals surface area (Å²) in [7, 11) is 0. The zero-order valence-corrected chi connectivity index (χ0v) is 10.7. The van der Waals surface area contributed by atoms with Gasteiger partial charge in [-0.05, 0) is 30.4 Å². The van der Waals surface area contributed by atoms with Crippen LogP contribution in [0.5, 0.6) is 0 Å². The van der Waals surface area contributed by atoms with Crippen molar-refractivity contribution in [3.8, 4) is 0 Å². The lowest BCUT2D eigenvalue weighted by Gasteiger charge is -2.16. The minimum atomic E-state index is -0.206. The minimum absolute atomic E-state index is 0.206. The summed E-state index contributed by atoms with van der Waals surface area (Å²) in [6.07, 6.45) is 2.91. The predicted molar refractivity (Wildman–Crippen MR) is 68.7 cm³/mol. The Morgan fingerprint density at radius 1 is 1.47 bits per heavy atom. The molecule has 0 unspecified atom stereocenters. The number of thioether (sulfide) groups is 1. The molecule has 1 fully saturated rings. The van der Waals surface area contributed by atoms with Crippen molar-refractivity contribution in [3.05, 3.63) is 35.6 Å². The lowest BCUT2D eigenvalue weighted by atomic mass is 9.99. The van der Waals surface area contributed by atoms with Gasteiger partial charge in [0.1, 0.15) is 5.82 Å². The highest BCUT2D eigenvalue weighted by Crippen LogP contribution is 2.27. The van der Waals surface area contributed by atoms with Crippen LogP contribution in [0.15, 0.2) is 24.3 Å². The number of nitrogens with zero attached hydrogens (tertiary/aromatic N) is 1. The van der Waals surface area contributed by atoms with Gasteiger partial charge in [0.15, 0.2) is 0 Å². The van der Waals surface area contributed by atoms with Gasteiger partial charge in [-0.2, -0.15) is 11.8 Å². The molecule has 0 saturated carbocycles. The number of carbonyl (C=O) groups excluding carboxylic acids is 1. The molecule has 92 valence electrons. The maximum absolute atomic E-state index is 12.8. The molecule has 1 aromatic carbocycles. The molecular formula is C13H16FNOS. The smallest absolute Gasteiger partial charge is 0.232 e. The summed E-state index contributed by atoms with van der Waals surface area (Å²) in [5, 5.41) is 0. The standard InChI is InChI=1S/C13H16FNOS/c1-17-9-13(16)15-7-6-11(8-15)10-2-4-12(14)5-3-10/h2-5,11H,6-9H2,1H3/t11-/m0/s1. The van der Waals surface area contributed by atoms with Crippen molar-refractivity contribution in [1.29, 1.82) is 0 Å². The first-order chi connectivity index (χ1) is 8.20. The van der Waals surface area contributed by atoms with Crippen LogP contribution < -0.4 is 0 Å². The average molecular weight is 253 g/mol. The van der Waals surface area contributed by atoms with Crippen LogP contribution in [0.1, 0.15) is 17.9 Å². The molecule has 1 amide bonds. The molecule has 0 radical (unpaired) electrons. The van der Waals surface area contributed by atoms with Crippen LogP contribution >= 0.6 is 11.8 Å². The van der Waals surface area contributed by atoms with Gasteiger partial charge in [0.05, 0.1) is 5.75 Å². The van der Waals surface area contributed by atoms with E-state index in [1.165, 1.54) is 12.1 Å². The van der Waals surface area contributed by atoms with Crippen molar-refractivity contribution in [2.75, 3.05) is 25.1 Å². The maximum Gasteiger partial charge on any atom is 0.232 e. The van der Waals surface area contributed by atoms with Gasteiger partial charge in [0.25, 0.3) is 0 Å². The van der Waals surface area contributed by atoms with E-state index in [0.29, 0.717) is 11.7 Å². The topological polar surface area (TPSA) is 20.3 Å². The molecule has 1 aliphatic heterocycles. The minimum Gasteiger partial charge on any atom is -0.341 e. The van der Waals surface area contributed by atoms with Crippen molar-refractivity contribution < 1.29 is 9.18 Å². The Morgan fingerprint density at radius 3 is 2.82 bits per heavy atom. The quantitative estimate of drug-likeness (QED) is 0.825. The van der Waals surface area contributed by atoms with E-state index >= 15 is 0 Å². The Labute approximate surface area is 105 Å². The highest BCUT2D eigenvalue weighted by molar-refractivity contribution is 7.99. The summed E-state index contributed by atoms with van der Waals surface area (Å²) >= 11 is 1.55. The molecule has 1 aliphatic rings. The number of hydrogen-bond donors (Lipinski definition) is 0. The lowest BCUT2D eigenvalue weighted by molar-refractivity contribution is -0.127. The van der Waals surface area contributed by atoms with Gasteiger partial charge in [0.2, 0.25) is 5.91 Å². The molecular weight excluding hydrogens is 237 g/mol. The Bertz CT molecular complexity index is 393. The van der Waals surface area contributed by atoms with Gasteiger partial charge in [-0.1, -0.05) is 12.1 Å². The second-order valence-electron chi connectivity index (χ2n) is 4.31. The summed E-state index contributed by atoms with van der Waals surface area (Å²) in [5.41, 5.74) is 1.13. The van der Waals surface area contributed by atoms with Crippen LogP contribution in [-0.4, -0.2) is 35.9 Å². The van der Waals surface area contributed by atoms with Crippen LogP contribution in [0.3, 0.4) is 0 Å². The average Bonchev–Trinajstić information content (AvgIpc) is 2.80. The molecule has 0 N–H and O–H groups in total. The number of benzene rings is 1. The normalized spacial score (nSPS) is 19.6. The Morgan fingerprint density at radius 2 is 2.18 bits per heavy atom. The lowest BCUT2D eigenvalue weighted by Crippen LogP contribution is -2.29. The maximum atomic E-state index is 12.8. The van der Waals surface area contributed by atoms with E-state index in [0.717, 1.165) is 25.1 Å². The first-order valence-corrected chi connectivity index (χ1v) is 7.12. The molecule has 1 atom stereocenters. The number of rotatable bonds is 3. The summed E-state index contributed by atoms with van der Waals surface area (Å²) in [5.74, 6) is 0.918.